The highest BCUT2D eigenvalue weighted by Crippen LogP contribution is 2.51. The number of nitrogens with zero attached hydrogens (tertiary/aromatic N) is 1. The molecule has 1 aliphatic rings. The molecule has 0 saturated heterocycles. The van der Waals surface area contributed by atoms with Gasteiger partial charge in [-0.2, -0.15) is 0 Å². The second-order valence-corrected chi connectivity index (χ2v) is 8.42. The summed E-state index contributed by atoms with van der Waals surface area (Å²) in [5.74, 6) is 2.44. The van der Waals surface area contributed by atoms with Crippen LogP contribution in [0.15, 0.2) is 30.3 Å². The molecule has 0 bridgehead atoms. The van der Waals surface area contributed by atoms with Gasteiger partial charge in [0.05, 0.1) is 32.3 Å². The number of aryl methyl sites for hydroxylation is 1. The Hall–Kier alpha value is -2.92. The summed E-state index contributed by atoms with van der Waals surface area (Å²) >= 11 is 0. The quantitative estimate of drug-likeness (QED) is 0.604. The van der Waals surface area contributed by atoms with Crippen LogP contribution in [0.25, 0.3) is 21.9 Å². The average Bonchev–Trinajstić information content (AvgIpc) is 2.76. The van der Waals surface area contributed by atoms with E-state index in [1.54, 1.807) is 21.3 Å². The van der Waals surface area contributed by atoms with Gasteiger partial charge >= 0.3 is 0 Å². The summed E-state index contributed by atoms with van der Waals surface area (Å²) in [5, 5.41) is 13.5. The van der Waals surface area contributed by atoms with Crippen molar-refractivity contribution in [3.05, 3.63) is 47.0 Å². The summed E-state index contributed by atoms with van der Waals surface area (Å²) in [5.41, 5.74) is 4.76. The molecule has 164 valence electrons. The molecule has 0 amide bonds. The predicted octanol–water partition coefficient (Wildman–Crippen LogP) is 5.48. The number of methoxy groups -OCH3 is 3. The number of phenols is 1. The van der Waals surface area contributed by atoms with Crippen LogP contribution >= 0.6 is 0 Å². The van der Waals surface area contributed by atoms with E-state index in [0.29, 0.717) is 11.8 Å². The van der Waals surface area contributed by atoms with E-state index < -0.39 is 0 Å². The Balaban J connectivity index is 2.11. The first-order chi connectivity index (χ1) is 14.8. The van der Waals surface area contributed by atoms with E-state index in [9.17, 15) is 5.11 Å². The summed E-state index contributed by atoms with van der Waals surface area (Å²) in [4.78, 5) is 2.31. The van der Waals surface area contributed by atoms with Crippen LogP contribution in [0.2, 0.25) is 0 Å². The van der Waals surface area contributed by atoms with E-state index >= 15 is 0 Å². The van der Waals surface area contributed by atoms with Crippen LogP contribution < -0.4 is 14.2 Å². The molecule has 0 unspecified atom stereocenters. The SMILES string of the molecule is COc1cc2c(c(O)c1-c1c(C)cc(OC)c3c(OC)cccc13)[C@@H](C)N(C)[C@H](C)C2. The Morgan fingerprint density at radius 1 is 0.935 bits per heavy atom. The minimum Gasteiger partial charge on any atom is -0.507 e. The topological polar surface area (TPSA) is 51.2 Å². The number of phenolic OH excluding ortho intramolecular Hbond substituents is 1. The minimum absolute atomic E-state index is 0.0998. The van der Waals surface area contributed by atoms with Gasteiger partial charge in [0.1, 0.15) is 23.0 Å². The average molecular weight is 422 g/mol. The van der Waals surface area contributed by atoms with Gasteiger partial charge in [-0.25, -0.2) is 0 Å². The summed E-state index contributed by atoms with van der Waals surface area (Å²) in [6.07, 6.45) is 0.872. The van der Waals surface area contributed by atoms with Crippen molar-refractivity contribution >= 4 is 10.8 Å². The van der Waals surface area contributed by atoms with Gasteiger partial charge < -0.3 is 19.3 Å². The second-order valence-electron chi connectivity index (χ2n) is 8.42. The van der Waals surface area contributed by atoms with Crippen molar-refractivity contribution in [1.82, 2.24) is 4.90 Å². The van der Waals surface area contributed by atoms with Crippen molar-refractivity contribution in [2.45, 2.75) is 39.3 Å². The van der Waals surface area contributed by atoms with Crippen molar-refractivity contribution in [3.63, 3.8) is 0 Å². The molecule has 4 rings (SSSR count). The number of likely N-dealkylation sites (N-methyl/N-ethyl adjacent to an activating group) is 1. The standard InChI is InChI=1S/C26H31NO4/c1-14-11-20(30-6)24-18(9-8-10-19(24)29-5)22(14)25-21(31-7)13-17-12-15(2)27(4)16(3)23(17)26(25)28/h8-11,13,15-16,28H,12H2,1-7H3/t15-,16-/m1/s1. The molecule has 5 heteroatoms. The maximum Gasteiger partial charge on any atom is 0.132 e. The van der Waals surface area contributed by atoms with E-state index in [1.165, 1.54) is 0 Å². The lowest BCUT2D eigenvalue weighted by molar-refractivity contribution is 0.176. The lowest BCUT2D eigenvalue weighted by atomic mass is 9.84. The first-order valence-corrected chi connectivity index (χ1v) is 10.6. The summed E-state index contributed by atoms with van der Waals surface area (Å²) in [6.45, 7) is 6.39. The summed E-state index contributed by atoms with van der Waals surface area (Å²) in [7, 11) is 7.09. The largest absolute Gasteiger partial charge is 0.507 e. The molecule has 0 aromatic heterocycles. The van der Waals surface area contributed by atoms with Crippen molar-refractivity contribution in [2.75, 3.05) is 28.4 Å². The lowest BCUT2D eigenvalue weighted by Crippen LogP contribution is -2.38. The summed E-state index contributed by atoms with van der Waals surface area (Å²) < 4.78 is 17.1. The molecule has 0 saturated carbocycles. The fourth-order valence-electron chi connectivity index (χ4n) is 5.01. The third-order valence-electron chi connectivity index (χ3n) is 6.82. The van der Waals surface area contributed by atoms with Crippen molar-refractivity contribution in [3.8, 4) is 34.1 Å². The van der Waals surface area contributed by atoms with Gasteiger partial charge in [0.2, 0.25) is 0 Å². The van der Waals surface area contributed by atoms with Crippen LogP contribution in [-0.2, 0) is 6.42 Å². The smallest absolute Gasteiger partial charge is 0.132 e. The zero-order chi connectivity index (χ0) is 22.4. The van der Waals surface area contributed by atoms with Crippen LogP contribution in [0.3, 0.4) is 0 Å². The minimum atomic E-state index is 0.0998. The van der Waals surface area contributed by atoms with Crippen LogP contribution in [0.4, 0.5) is 0 Å². The molecule has 0 fully saturated rings. The molecule has 2 atom stereocenters. The number of benzene rings is 3. The molecule has 3 aromatic carbocycles. The van der Waals surface area contributed by atoms with Crippen molar-refractivity contribution < 1.29 is 19.3 Å². The monoisotopic (exact) mass is 421 g/mol. The molecule has 1 N–H and O–H groups in total. The predicted molar refractivity (Wildman–Crippen MR) is 125 cm³/mol. The van der Waals surface area contributed by atoms with E-state index in [0.717, 1.165) is 56.5 Å². The Morgan fingerprint density at radius 2 is 1.61 bits per heavy atom. The number of fused-ring (bicyclic) bond motifs is 2. The highest BCUT2D eigenvalue weighted by Gasteiger charge is 2.33. The number of aromatic hydroxyl groups is 1. The van der Waals surface area contributed by atoms with Crippen molar-refractivity contribution in [2.24, 2.45) is 0 Å². The van der Waals surface area contributed by atoms with E-state index in [2.05, 4.69) is 31.9 Å². The fraction of sp³-hybridized carbons (Fsp3) is 0.385. The van der Waals surface area contributed by atoms with Crippen LogP contribution in [0.1, 0.15) is 36.6 Å². The first kappa shape index (κ1) is 21.3. The van der Waals surface area contributed by atoms with Crippen LogP contribution in [0.5, 0.6) is 23.0 Å². The number of hydrogen-bond donors (Lipinski definition) is 1. The molecule has 1 aliphatic heterocycles. The first-order valence-electron chi connectivity index (χ1n) is 10.6. The molecule has 0 radical (unpaired) electrons. The molecule has 0 aliphatic carbocycles. The van der Waals surface area contributed by atoms with Gasteiger partial charge in [0.15, 0.2) is 0 Å². The van der Waals surface area contributed by atoms with Gasteiger partial charge in [-0.1, -0.05) is 12.1 Å². The van der Waals surface area contributed by atoms with Gasteiger partial charge in [-0.3, -0.25) is 4.90 Å². The third kappa shape index (κ3) is 3.19. The lowest BCUT2D eigenvalue weighted by Gasteiger charge is -2.38. The highest BCUT2D eigenvalue weighted by atomic mass is 16.5. The van der Waals surface area contributed by atoms with E-state index in [4.69, 9.17) is 14.2 Å². The zero-order valence-corrected chi connectivity index (χ0v) is 19.4. The number of hydrogen-bond acceptors (Lipinski definition) is 5. The maximum atomic E-state index is 11.6. The van der Waals surface area contributed by atoms with E-state index in [-0.39, 0.29) is 11.8 Å². The highest BCUT2D eigenvalue weighted by molar-refractivity contribution is 6.07. The number of ether oxygens (including phenoxy) is 3. The zero-order valence-electron chi connectivity index (χ0n) is 19.4. The third-order valence-corrected chi connectivity index (χ3v) is 6.82. The molecule has 0 spiro atoms. The number of rotatable bonds is 4. The molecule has 1 heterocycles. The fourth-order valence-corrected chi connectivity index (χ4v) is 5.01. The molecular weight excluding hydrogens is 390 g/mol. The van der Waals surface area contributed by atoms with Gasteiger partial charge in [-0.15, -0.1) is 0 Å². The molecule has 5 nitrogen and oxygen atoms in total. The molecule has 31 heavy (non-hydrogen) atoms. The van der Waals surface area contributed by atoms with Gasteiger partial charge in [0.25, 0.3) is 0 Å². The van der Waals surface area contributed by atoms with Gasteiger partial charge in [-0.05, 0) is 69.0 Å². The Bertz CT molecular complexity index is 1150. The van der Waals surface area contributed by atoms with Crippen LogP contribution in [-0.4, -0.2) is 44.4 Å². The van der Waals surface area contributed by atoms with Crippen LogP contribution in [0, 0.1) is 6.92 Å². The Morgan fingerprint density at radius 3 is 2.26 bits per heavy atom. The second kappa shape index (κ2) is 7.97. The normalized spacial score (nSPS) is 18.7. The van der Waals surface area contributed by atoms with Crippen molar-refractivity contribution in [1.29, 1.82) is 0 Å². The van der Waals surface area contributed by atoms with E-state index in [1.807, 2.05) is 31.2 Å². The maximum absolute atomic E-state index is 11.6. The Labute approximate surface area is 184 Å². The summed E-state index contributed by atoms with van der Waals surface area (Å²) in [6, 6.07) is 10.5. The Kier molecular flexibility index (Phi) is 5.48. The molecular formula is C26H31NO4. The van der Waals surface area contributed by atoms with Gasteiger partial charge in [0, 0.05) is 23.2 Å². The molecule has 3 aromatic rings.